The molecule has 94 valence electrons. The van der Waals surface area contributed by atoms with Crippen molar-refractivity contribution in [3.8, 4) is 11.3 Å². The molecule has 2 rings (SSSR count). The Labute approximate surface area is 106 Å². The van der Waals surface area contributed by atoms with Gasteiger partial charge in [-0.15, -0.1) is 0 Å². The molecule has 0 bridgehead atoms. The molecule has 0 fully saturated rings. The van der Waals surface area contributed by atoms with E-state index in [4.69, 9.17) is 5.84 Å². The smallest absolute Gasteiger partial charge is 0.251 e. The van der Waals surface area contributed by atoms with Gasteiger partial charge in [-0.25, -0.2) is 0 Å². The minimum Gasteiger partial charge on any atom is -0.355 e. The van der Waals surface area contributed by atoms with Crippen LogP contribution in [0.15, 0.2) is 30.5 Å². The first-order valence-electron chi connectivity index (χ1n) is 5.82. The molecule has 0 unspecified atom stereocenters. The number of nitrogens with zero attached hydrogens (tertiary/aromatic N) is 2. The average Bonchev–Trinajstić information content (AvgIpc) is 2.83. The van der Waals surface area contributed by atoms with Gasteiger partial charge in [-0.05, 0) is 24.1 Å². The molecule has 5 heteroatoms. The van der Waals surface area contributed by atoms with Crippen molar-refractivity contribution in [3.05, 3.63) is 41.6 Å². The van der Waals surface area contributed by atoms with Crippen molar-refractivity contribution in [1.29, 1.82) is 0 Å². The number of nitrogen functional groups attached to an aromatic ring is 1. The van der Waals surface area contributed by atoms with Gasteiger partial charge in [-0.3, -0.25) is 4.79 Å². The van der Waals surface area contributed by atoms with Gasteiger partial charge in [-0.1, -0.05) is 19.1 Å². The molecule has 0 aliphatic rings. The topological polar surface area (TPSA) is 72.9 Å². The van der Waals surface area contributed by atoms with E-state index in [1.54, 1.807) is 25.4 Å². The van der Waals surface area contributed by atoms with Crippen LogP contribution in [0.4, 0.5) is 0 Å². The van der Waals surface area contributed by atoms with Crippen molar-refractivity contribution in [1.82, 2.24) is 15.2 Å². The lowest BCUT2D eigenvalue weighted by molar-refractivity contribution is 0.0963. The quantitative estimate of drug-likeness (QED) is 0.796. The van der Waals surface area contributed by atoms with Crippen molar-refractivity contribution >= 4 is 5.91 Å². The lowest BCUT2D eigenvalue weighted by atomic mass is 9.96. The van der Waals surface area contributed by atoms with Gasteiger partial charge in [0, 0.05) is 24.4 Å². The maximum atomic E-state index is 11.9. The SMILES string of the molecule is CCc1cccc(C(=O)NC)c1-c1ccn(N)n1. The Morgan fingerprint density at radius 1 is 1.44 bits per heavy atom. The second-order valence-electron chi connectivity index (χ2n) is 3.95. The molecular formula is C13H16N4O. The number of nitrogens with one attached hydrogen (secondary N) is 1. The van der Waals surface area contributed by atoms with Crippen LogP contribution in [0.1, 0.15) is 22.8 Å². The van der Waals surface area contributed by atoms with E-state index in [2.05, 4.69) is 10.4 Å². The van der Waals surface area contributed by atoms with Crippen molar-refractivity contribution in [2.24, 2.45) is 0 Å². The van der Waals surface area contributed by atoms with Crippen molar-refractivity contribution in [2.45, 2.75) is 13.3 Å². The van der Waals surface area contributed by atoms with Crippen LogP contribution in [0.2, 0.25) is 0 Å². The van der Waals surface area contributed by atoms with Crippen LogP contribution in [0.3, 0.4) is 0 Å². The number of rotatable bonds is 3. The molecule has 0 atom stereocenters. The van der Waals surface area contributed by atoms with Crippen LogP contribution in [0.25, 0.3) is 11.3 Å². The molecule has 5 nitrogen and oxygen atoms in total. The first-order valence-corrected chi connectivity index (χ1v) is 5.82. The van der Waals surface area contributed by atoms with Gasteiger partial charge in [0.15, 0.2) is 0 Å². The Morgan fingerprint density at radius 3 is 2.78 bits per heavy atom. The number of aromatic nitrogens is 2. The molecule has 0 saturated heterocycles. The minimum absolute atomic E-state index is 0.119. The van der Waals surface area contributed by atoms with E-state index >= 15 is 0 Å². The summed E-state index contributed by atoms with van der Waals surface area (Å²) in [5.74, 6) is 5.45. The van der Waals surface area contributed by atoms with Crippen molar-refractivity contribution in [3.63, 3.8) is 0 Å². The van der Waals surface area contributed by atoms with Gasteiger partial charge in [0.1, 0.15) is 0 Å². The number of nitrogens with two attached hydrogens (primary N) is 1. The lowest BCUT2D eigenvalue weighted by Gasteiger charge is -2.11. The highest BCUT2D eigenvalue weighted by molar-refractivity contribution is 6.01. The summed E-state index contributed by atoms with van der Waals surface area (Å²) in [5.41, 5.74) is 3.27. The maximum Gasteiger partial charge on any atom is 0.251 e. The van der Waals surface area contributed by atoms with Crippen LogP contribution in [-0.4, -0.2) is 22.8 Å². The number of carbonyl (C=O) groups excluding carboxylic acids is 1. The zero-order chi connectivity index (χ0) is 13.1. The molecule has 0 radical (unpaired) electrons. The van der Waals surface area contributed by atoms with Crippen LogP contribution < -0.4 is 11.2 Å². The summed E-state index contributed by atoms with van der Waals surface area (Å²) in [6.07, 6.45) is 2.49. The minimum atomic E-state index is -0.119. The molecule has 1 amide bonds. The first-order chi connectivity index (χ1) is 8.67. The molecule has 0 aliphatic carbocycles. The van der Waals surface area contributed by atoms with E-state index in [-0.39, 0.29) is 5.91 Å². The summed E-state index contributed by atoms with van der Waals surface area (Å²) < 4.78 is 0. The number of aryl methyl sites for hydroxylation is 1. The number of hydrogen-bond donors (Lipinski definition) is 2. The van der Waals surface area contributed by atoms with E-state index in [1.807, 2.05) is 19.1 Å². The summed E-state index contributed by atoms with van der Waals surface area (Å²) in [6.45, 7) is 2.05. The number of amides is 1. The highest BCUT2D eigenvalue weighted by Gasteiger charge is 2.16. The normalized spacial score (nSPS) is 10.3. The van der Waals surface area contributed by atoms with Crippen LogP contribution in [-0.2, 0) is 6.42 Å². The zero-order valence-electron chi connectivity index (χ0n) is 10.5. The molecule has 0 spiro atoms. The van der Waals surface area contributed by atoms with Gasteiger partial charge in [0.05, 0.1) is 5.69 Å². The van der Waals surface area contributed by atoms with Crippen molar-refractivity contribution in [2.75, 3.05) is 12.9 Å². The zero-order valence-corrected chi connectivity index (χ0v) is 10.5. The fraction of sp³-hybridized carbons (Fsp3) is 0.231. The highest BCUT2D eigenvalue weighted by Crippen LogP contribution is 2.26. The summed E-state index contributed by atoms with van der Waals surface area (Å²) in [7, 11) is 1.62. The molecule has 1 aromatic carbocycles. The monoisotopic (exact) mass is 244 g/mol. The Kier molecular flexibility index (Phi) is 3.32. The Morgan fingerprint density at radius 2 is 2.22 bits per heavy atom. The van der Waals surface area contributed by atoms with E-state index in [0.717, 1.165) is 17.5 Å². The predicted octanol–water partition coefficient (Wildman–Crippen LogP) is 1.19. The summed E-state index contributed by atoms with van der Waals surface area (Å²) in [6, 6.07) is 7.48. The molecule has 18 heavy (non-hydrogen) atoms. The van der Waals surface area contributed by atoms with Gasteiger partial charge in [0.25, 0.3) is 5.91 Å². The van der Waals surface area contributed by atoms with Crippen LogP contribution in [0.5, 0.6) is 0 Å². The number of benzene rings is 1. The first kappa shape index (κ1) is 12.2. The maximum absolute atomic E-state index is 11.9. The summed E-state index contributed by atoms with van der Waals surface area (Å²) >= 11 is 0. The average molecular weight is 244 g/mol. The van der Waals surface area contributed by atoms with Crippen molar-refractivity contribution < 1.29 is 4.79 Å². The Hall–Kier alpha value is -2.30. The van der Waals surface area contributed by atoms with Crippen LogP contribution in [0, 0.1) is 0 Å². The molecular weight excluding hydrogens is 228 g/mol. The molecule has 1 aromatic heterocycles. The second kappa shape index (κ2) is 4.91. The molecule has 2 aromatic rings. The second-order valence-corrected chi connectivity index (χ2v) is 3.95. The van der Waals surface area contributed by atoms with E-state index in [9.17, 15) is 4.79 Å². The summed E-state index contributed by atoms with van der Waals surface area (Å²) in [4.78, 5) is 13.2. The fourth-order valence-corrected chi connectivity index (χ4v) is 1.99. The van der Waals surface area contributed by atoms with Gasteiger partial charge < -0.3 is 11.2 Å². The number of hydrogen-bond acceptors (Lipinski definition) is 3. The van der Waals surface area contributed by atoms with Gasteiger partial charge in [-0.2, -0.15) is 9.89 Å². The highest BCUT2D eigenvalue weighted by atomic mass is 16.1. The fourth-order valence-electron chi connectivity index (χ4n) is 1.99. The standard InChI is InChI=1S/C13H16N4O/c1-3-9-5-4-6-10(13(18)15-2)12(9)11-7-8-17(14)16-11/h4-8H,3,14H2,1-2H3,(H,15,18). The van der Waals surface area contributed by atoms with Gasteiger partial charge in [0.2, 0.25) is 0 Å². The van der Waals surface area contributed by atoms with Gasteiger partial charge >= 0.3 is 0 Å². The van der Waals surface area contributed by atoms with E-state index < -0.39 is 0 Å². The molecule has 0 saturated carbocycles. The van der Waals surface area contributed by atoms with Crippen LogP contribution >= 0.6 is 0 Å². The predicted molar refractivity (Wildman–Crippen MR) is 70.6 cm³/mol. The summed E-state index contributed by atoms with van der Waals surface area (Å²) in [5, 5.41) is 6.83. The Bertz CT molecular complexity index is 574. The Balaban J connectivity index is 2.65. The molecule has 0 aliphatic heterocycles. The number of carbonyl (C=O) groups is 1. The third-order valence-electron chi connectivity index (χ3n) is 2.87. The largest absolute Gasteiger partial charge is 0.355 e. The molecule has 1 heterocycles. The lowest BCUT2D eigenvalue weighted by Crippen LogP contribution is -2.19. The molecule has 3 N–H and O–H groups in total. The third kappa shape index (κ3) is 2.07. The van der Waals surface area contributed by atoms with E-state index in [0.29, 0.717) is 11.3 Å². The van der Waals surface area contributed by atoms with E-state index in [1.165, 1.54) is 4.79 Å². The third-order valence-corrected chi connectivity index (χ3v) is 2.87.